The van der Waals surface area contributed by atoms with Gasteiger partial charge in [0.05, 0.1) is 18.1 Å². The number of benzene rings is 2. The number of nitrogens with zero attached hydrogens (tertiary/aromatic N) is 2. The molecule has 3 aromatic rings. The molecule has 0 bridgehead atoms. The summed E-state index contributed by atoms with van der Waals surface area (Å²) in [5.74, 6) is -1.84. The van der Waals surface area contributed by atoms with Gasteiger partial charge in [-0.3, -0.25) is 19.2 Å². The second-order valence-electron chi connectivity index (χ2n) is 8.95. The van der Waals surface area contributed by atoms with Gasteiger partial charge in [0, 0.05) is 46.5 Å². The molecule has 4 N–H and O–H groups in total. The molecule has 4 rings (SSSR count). The third kappa shape index (κ3) is 6.15. The number of fused-ring (bicyclic) bond motifs is 1. The van der Waals surface area contributed by atoms with Crippen molar-refractivity contribution < 1.29 is 23.6 Å². The molecule has 37 heavy (non-hydrogen) atoms. The number of hydrogen-bond donors (Lipinski definition) is 3. The Bertz CT molecular complexity index is 1380. The zero-order valence-electron chi connectivity index (χ0n) is 20.2. The smallest absolute Gasteiger partial charge is 0.243 e. The van der Waals surface area contributed by atoms with Gasteiger partial charge in [-0.25, -0.2) is 4.39 Å². The molecule has 2 aromatic carbocycles. The van der Waals surface area contributed by atoms with Gasteiger partial charge in [-0.2, -0.15) is 0 Å². The first-order chi connectivity index (χ1) is 17.7. The Morgan fingerprint density at radius 1 is 1.16 bits per heavy atom. The summed E-state index contributed by atoms with van der Waals surface area (Å²) in [6.07, 6.45) is 3.18. The maximum Gasteiger partial charge on any atom is 0.243 e. The summed E-state index contributed by atoms with van der Waals surface area (Å²) < 4.78 is 15.8. The van der Waals surface area contributed by atoms with Crippen LogP contribution in [-0.4, -0.2) is 52.1 Å². The zero-order valence-corrected chi connectivity index (χ0v) is 21.0. The number of hydrogen-bond acceptors (Lipinski definition) is 5. The van der Waals surface area contributed by atoms with E-state index in [4.69, 9.17) is 17.3 Å². The second-order valence-corrected chi connectivity index (χ2v) is 9.36. The molecule has 1 aromatic heterocycles. The summed E-state index contributed by atoms with van der Waals surface area (Å²) in [5, 5.41) is 5.87. The number of anilines is 1. The van der Waals surface area contributed by atoms with Crippen LogP contribution < -0.4 is 16.4 Å². The molecule has 1 fully saturated rings. The van der Waals surface area contributed by atoms with E-state index in [1.54, 1.807) is 35.0 Å². The fourth-order valence-corrected chi connectivity index (χ4v) is 4.33. The van der Waals surface area contributed by atoms with Crippen LogP contribution in [0.5, 0.6) is 0 Å². The van der Waals surface area contributed by atoms with Gasteiger partial charge in [-0.1, -0.05) is 23.7 Å². The van der Waals surface area contributed by atoms with Crippen LogP contribution in [0, 0.1) is 5.82 Å². The average Bonchev–Trinajstić information content (AvgIpc) is 3.65. The van der Waals surface area contributed by atoms with Crippen LogP contribution in [0.3, 0.4) is 0 Å². The highest BCUT2D eigenvalue weighted by atomic mass is 35.5. The average molecular weight is 528 g/mol. The van der Waals surface area contributed by atoms with Crippen LogP contribution in [0.25, 0.3) is 10.9 Å². The molecule has 9 nitrogen and oxygen atoms in total. The van der Waals surface area contributed by atoms with E-state index in [-0.39, 0.29) is 60.4 Å². The van der Waals surface area contributed by atoms with E-state index in [9.17, 15) is 23.6 Å². The fraction of sp³-hybridized carbons (Fsp3) is 0.308. The van der Waals surface area contributed by atoms with Gasteiger partial charge in [-0.05, 0) is 44.0 Å². The van der Waals surface area contributed by atoms with Crippen LogP contribution in [0.1, 0.15) is 35.7 Å². The lowest BCUT2D eigenvalue weighted by Crippen LogP contribution is -2.43. The van der Waals surface area contributed by atoms with Gasteiger partial charge >= 0.3 is 0 Å². The highest BCUT2D eigenvalue weighted by Crippen LogP contribution is 2.29. The molecule has 0 radical (unpaired) electrons. The molecule has 0 saturated heterocycles. The van der Waals surface area contributed by atoms with Crippen LogP contribution in [0.15, 0.2) is 42.6 Å². The number of aromatic nitrogens is 1. The van der Waals surface area contributed by atoms with Gasteiger partial charge in [-0.15, -0.1) is 0 Å². The molecule has 0 aliphatic heterocycles. The summed E-state index contributed by atoms with van der Waals surface area (Å²) in [6, 6.07) is 9.56. The van der Waals surface area contributed by atoms with Crippen molar-refractivity contribution in [3.8, 4) is 0 Å². The number of amides is 3. The van der Waals surface area contributed by atoms with E-state index < -0.39 is 11.7 Å². The molecule has 0 spiro atoms. The monoisotopic (exact) mass is 527 g/mol. The Balaban J connectivity index is 1.48. The third-order valence-electron chi connectivity index (χ3n) is 6.16. The number of nitrogens with one attached hydrogen (secondary N) is 2. The summed E-state index contributed by atoms with van der Waals surface area (Å²) in [5.41, 5.74) is 7.15. The lowest BCUT2D eigenvalue weighted by atomic mass is 10.1. The number of carbonyl (C=O) groups excluding carboxylic acids is 4. The standard InChI is InChI=1S/C26H27ClFN5O4/c1-15(34)20-12-32(22-8-5-17(9-19(20)22)31-23(35)10-29)14-25(37)33(18-6-7-18)13-24(36)30-11-16-3-2-4-21(27)26(16)28/h2-5,8-9,12,18H,6-7,10-11,13-14,29H2,1H3,(H,30,36)(H,31,35). The van der Waals surface area contributed by atoms with E-state index in [1.165, 1.54) is 24.0 Å². The van der Waals surface area contributed by atoms with Crippen molar-refractivity contribution in [1.29, 1.82) is 0 Å². The van der Waals surface area contributed by atoms with Gasteiger partial charge in [0.1, 0.15) is 12.4 Å². The highest BCUT2D eigenvalue weighted by molar-refractivity contribution is 6.30. The fourth-order valence-electron chi connectivity index (χ4n) is 4.13. The van der Waals surface area contributed by atoms with Crippen LogP contribution in [-0.2, 0) is 27.5 Å². The van der Waals surface area contributed by atoms with E-state index in [0.717, 1.165) is 12.8 Å². The van der Waals surface area contributed by atoms with Crippen LogP contribution >= 0.6 is 11.6 Å². The molecular formula is C26H27ClFN5O4. The van der Waals surface area contributed by atoms with E-state index in [2.05, 4.69) is 10.6 Å². The minimum atomic E-state index is -0.592. The molecule has 1 saturated carbocycles. The van der Waals surface area contributed by atoms with Crippen molar-refractivity contribution >= 4 is 51.7 Å². The third-order valence-corrected chi connectivity index (χ3v) is 6.46. The van der Waals surface area contributed by atoms with Gasteiger partial charge in [0.15, 0.2) is 5.78 Å². The number of rotatable bonds is 10. The van der Waals surface area contributed by atoms with Crippen molar-refractivity contribution in [3.63, 3.8) is 0 Å². The molecule has 1 aliphatic carbocycles. The predicted molar refractivity (Wildman–Crippen MR) is 138 cm³/mol. The first-order valence-corrected chi connectivity index (χ1v) is 12.2. The lowest BCUT2D eigenvalue weighted by molar-refractivity contribution is -0.137. The summed E-state index contributed by atoms with van der Waals surface area (Å²) in [4.78, 5) is 51.3. The van der Waals surface area contributed by atoms with Crippen molar-refractivity contribution in [2.24, 2.45) is 5.73 Å². The minimum Gasteiger partial charge on any atom is -0.350 e. The van der Waals surface area contributed by atoms with E-state index >= 15 is 0 Å². The van der Waals surface area contributed by atoms with E-state index in [0.29, 0.717) is 22.2 Å². The van der Waals surface area contributed by atoms with Gasteiger partial charge < -0.3 is 25.8 Å². The number of Topliss-reactive ketones (excluding diaryl/α,β-unsaturated/α-hetero) is 1. The first kappa shape index (κ1) is 26.3. The minimum absolute atomic E-state index is 0.0284. The summed E-state index contributed by atoms with van der Waals surface area (Å²) in [7, 11) is 0. The second kappa shape index (κ2) is 11.1. The quantitative estimate of drug-likeness (QED) is 0.349. The molecule has 1 heterocycles. The summed E-state index contributed by atoms with van der Waals surface area (Å²) in [6.45, 7) is 0.956. The first-order valence-electron chi connectivity index (χ1n) is 11.8. The number of halogens is 2. The summed E-state index contributed by atoms with van der Waals surface area (Å²) >= 11 is 5.79. The van der Waals surface area contributed by atoms with Crippen molar-refractivity contribution in [2.75, 3.05) is 18.4 Å². The van der Waals surface area contributed by atoms with E-state index in [1.807, 2.05) is 0 Å². The zero-order chi connectivity index (χ0) is 26.7. The SMILES string of the molecule is CC(=O)c1cn(CC(=O)N(CC(=O)NCc2cccc(Cl)c2F)C2CC2)c2ccc(NC(=O)CN)cc12. The molecule has 1 aliphatic rings. The van der Waals surface area contributed by atoms with Crippen LogP contribution in [0.2, 0.25) is 5.02 Å². The maximum atomic E-state index is 14.1. The normalized spacial score (nSPS) is 12.9. The largest absolute Gasteiger partial charge is 0.350 e. The molecular weight excluding hydrogens is 501 g/mol. The van der Waals surface area contributed by atoms with Crippen LogP contribution in [0.4, 0.5) is 10.1 Å². The number of ketones is 1. The van der Waals surface area contributed by atoms with Crippen molar-refractivity contribution in [2.45, 2.75) is 38.9 Å². The Morgan fingerprint density at radius 2 is 1.92 bits per heavy atom. The molecule has 0 unspecified atom stereocenters. The molecule has 194 valence electrons. The Kier molecular flexibility index (Phi) is 7.89. The lowest BCUT2D eigenvalue weighted by Gasteiger charge is -2.22. The molecule has 11 heteroatoms. The van der Waals surface area contributed by atoms with Crippen molar-refractivity contribution in [1.82, 2.24) is 14.8 Å². The predicted octanol–water partition coefficient (Wildman–Crippen LogP) is 2.84. The topological polar surface area (TPSA) is 127 Å². The van der Waals surface area contributed by atoms with Gasteiger partial charge in [0.25, 0.3) is 0 Å². The molecule has 3 amide bonds. The number of carbonyl (C=O) groups is 4. The molecule has 0 atom stereocenters. The number of nitrogens with two attached hydrogens (primary N) is 1. The highest BCUT2D eigenvalue weighted by Gasteiger charge is 2.34. The van der Waals surface area contributed by atoms with Crippen molar-refractivity contribution in [3.05, 3.63) is 64.6 Å². The Hall–Kier alpha value is -3.76. The Morgan fingerprint density at radius 3 is 2.59 bits per heavy atom. The maximum absolute atomic E-state index is 14.1. The van der Waals surface area contributed by atoms with Gasteiger partial charge in [0.2, 0.25) is 17.7 Å². The Labute approximate surface area is 217 Å².